The number of carbonyl (C=O) groups is 2. The topological polar surface area (TPSA) is 98.8 Å². The third kappa shape index (κ3) is 6.05. The van der Waals surface area contributed by atoms with Gasteiger partial charge in [-0.25, -0.2) is 4.79 Å². The molecule has 0 unspecified atom stereocenters. The van der Waals surface area contributed by atoms with Gasteiger partial charge in [-0.3, -0.25) is 4.79 Å². The van der Waals surface area contributed by atoms with Gasteiger partial charge in [0.05, 0.1) is 5.56 Å². The molecule has 7 nitrogen and oxygen atoms in total. The fourth-order valence-electron chi connectivity index (χ4n) is 2.47. The Balaban J connectivity index is 2.07. The molecule has 29 heavy (non-hydrogen) atoms. The van der Waals surface area contributed by atoms with Gasteiger partial charge in [0, 0.05) is 6.54 Å². The van der Waals surface area contributed by atoms with Gasteiger partial charge in [-0.15, -0.1) is 0 Å². The van der Waals surface area contributed by atoms with Crippen LogP contribution in [0.15, 0.2) is 47.4 Å². The van der Waals surface area contributed by atoms with Crippen LogP contribution in [0.1, 0.15) is 41.8 Å². The summed E-state index contributed by atoms with van der Waals surface area (Å²) in [4.78, 5) is 24.1. The Labute approximate surface area is 171 Å². The molecule has 0 radical (unpaired) electrons. The van der Waals surface area contributed by atoms with Gasteiger partial charge in [-0.05, 0) is 68.7 Å². The van der Waals surface area contributed by atoms with Crippen molar-refractivity contribution in [2.24, 2.45) is 0 Å². The zero-order chi connectivity index (χ0) is 21.6. The van der Waals surface area contributed by atoms with Gasteiger partial charge in [0.1, 0.15) is 10.6 Å². The molecular formula is C21H25NO6S. The summed E-state index contributed by atoms with van der Waals surface area (Å²) in [5, 5.41) is 2.64. The fourth-order valence-corrected chi connectivity index (χ4v) is 3.72. The number of amides is 1. The highest BCUT2D eigenvalue weighted by atomic mass is 32.2. The highest BCUT2D eigenvalue weighted by Crippen LogP contribution is 2.23. The molecule has 0 heterocycles. The summed E-state index contributed by atoms with van der Waals surface area (Å²) < 4.78 is 35.4. The molecule has 2 aromatic carbocycles. The fraction of sp³-hybridized carbons (Fsp3) is 0.333. The van der Waals surface area contributed by atoms with Crippen molar-refractivity contribution in [1.82, 2.24) is 5.32 Å². The first-order valence-electron chi connectivity index (χ1n) is 9.24. The molecule has 1 N–H and O–H groups in total. The SMILES string of the molecule is CCCNC(=O)[C@@H](C)OC(=O)c1ccc(OS(=O)(=O)c2cc(C)ccc2C)cc1. The minimum Gasteiger partial charge on any atom is -0.449 e. The molecule has 2 rings (SSSR count). The molecule has 1 amide bonds. The van der Waals surface area contributed by atoms with Crippen LogP contribution in [0.3, 0.4) is 0 Å². The number of nitrogens with one attached hydrogen (secondary N) is 1. The second-order valence-corrected chi connectivity index (χ2v) is 8.18. The monoisotopic (exact) mass is 419 g/mol. The van der Waals surface area contributed by atoms with Gasteiger partial charge in [-0.2, -0.15) is 8.42 Å². The van der Waals surface area contributed by atoms with Gasteiger partial charge >= 0.3 is 16.1 Å². The standard InChI is InChI=1S/C21H25NO6S/c1-5-12-22-20(23)16(4)27-21(24)17-8-10-18(11-9-17)28-29(25,26)19-13-14(2)6-7-15(19)3/h6-11,13,16H,5,12H2,1-4H3,(H,22,23)/t16-/m1/s1. The molecule has 0 saturated carbocycles. The quantitative estimate of drug-likeness (QED) is 0.521. The van der Waals surface area contributed by atoms with E-state index in [-0.39, 0.29) is 22.1 Å². The lowest BCUT2D eigenvalue weighted by Gasteiger charge is -2.13. The molecule has 1 atom stereocenters. The third-order valence-corrected chi connectivity index (χ3v) is 5.50. The normalized spacial score (nSPS) is 12.1. The smallest absolute Gasteiger partial charge is 0.339 e. The van der Waals surface area contributed by atoms with Crippen molar-refractivity contribution in [3.8, 4) is 5.75 Å². The minimum atomic E-state index is -4.01. The zero-order valence-corrected chi connectivity index (χ0v) is 17.7. The summed E-state index contributed by atoms with van der Waals surface area (Å²) in [6, 6.07) is 10.6. The Kier molecular flexibility index (Phi) is 7.39. The van der Waals surface area contributed by atoms with Crippen LogP contribution in [0.5, 0.6) is 5.75 Å². The molecule has 2 aromatic rings. The molecule has 156 valence electrons. The summed E-state index contributed by atoms with van der Waals surface area (Å²) in [6.45, 7) is 7.38. The molecule has 0 bridgehead atoms. The highest BCUT2D eigenvalue weighted by Gasteiger charge is 2.21. The number of hydrogen-bond acceptors (Lipinski definition) is 6. The Morgan fingerprint density at radius 3 is 2.34 bits per heavy atom. The van der Waals surface area contributed by atoms with E-state index in [2.05, 4.69) is 5.32 Å². The molecule has 0 fully saturated rings. The number of rotatable bonds is 8. The van der Waals surface area contributed by atoms with Crippen LogP contribution in [0.2, 0.25) is 0 Å². The Hall–Kier alpha value is -2.87. The lowest BCUT2D eigenvalue weighted by atomic mass is 10.2. The van der Waals surface area contributed by atoms with E-state index in [1.165, 1.54) is 31.2 Å². The van der Waals surface area contributed by atoms with Crippen LogP contribution < -0.4 is 9.50 Å². The highest BCUT2D eigenvalue weighted by molar-refractivity contribution is 7.87. The molecule has 0 spiro atoms. The van der Waals surface area contributed by atoms with E-state index < -0.39 is 22.2 Å². The average Bonchev–Trinajstić information content (AvgIpc) is 2.67. The van der Waals surface area contributed by atoms with Gasteiger partial charge in [0.2, 0.25) is 0 Å². The average molecular weight is 419 g/mol. The Bertz CT molecular complexity index is 983. The third-order valence-electron chi connectivity index (χ3n) is 4.11. The van der Waals surface area contributed by atoms with Crippen LogP contribution >= 0.6 is 0 Å². The number of esters is 1. The van der Waals surface area contributed by atoms with E-state index in [4.69, 9.17) is 8.92 Å². The van der Waals surface area contributed by atoms with E-state index in [1.54, 1.807) is 26.0 Å². The van der Waals surface area contributed by atoms with Crippen molar-refractivity contribution in [2.45, 2.75) is 45.1 Å². The van der Waals surface area contributed by atoms with Crippen molar-refractivity contribution in [3.63, 3.8) is 0 Å². The zero-order valence-electron chi connectivity index (χ0n) is 16.9. The van der Waals surface area contributed by atoms with E-state index in [9.17, 15) is 18.0 Å². The maximum absolute atomic E-state index is 12.5. The Morgan fingerprint density at radius 2 is 1.72 bits per heavy atom. The van der Waals surface area contributed by atoms with E-state index in [0.29, 0.717) is 12.1 Å². The largest absolute Gasteiger partial charge is 0.449 e. The van der Waals surface area contributed by atoms with Crippen LogP contribution in [0.25, 0.3) is 0 Å². The predicted octanol–water partition coefficient (Wildman–Crippen LogP) is 3.14. The maximum Gasteiger partial charge on any atom is 0.339 e. The van der Waals surface area contributed by atoms with Crippen molar-refractivity contribution < 1.29 is 26.9 Å². The molecule has 0 aliphatic heterocycles. The summed E-state index contributed by atoms with van der Waals surface area (Å²) in [5.41, 5.74) is 1.55. The summed E-state index contributed by atoms with van der Waals surface area (Å²) in [6.07, 6.45) is -0.159. The molecule has 0 aliphatic carbocycles. The minimum absolute atomic E-state index is 0.0659. The van der Waals surface area contributed by atoms with Crippen molar-refractivity contribution in [3.05, 3.63) is 59.2 Å². The molecule has 0 saturated heterocycles. The van der Waals surface area contributed by atoms with E-state index in [0.717, 1.165) is 12.0 Å². The first-order chi connectivity index (χ1) is 13.6. The first kappa shape index (κ1) is 22.4. The second-order valence-electron chi connectivity index (χ2n) is 6.67. The van der Waals surface area contributed by atoms with Crippen molar-refractivity contribution in [1.29, 1.82) is 0 Å². The molecule has 8 heteroatoms. The van der Waals surface area contributed by atoms with Gasteiger partial charge in [0.25, 0.3) is 5.91 Å². The Morgan fingerprint density at radius 1 is 1.07 bits per heavy atom. The first-order valence-corrected chi connectivity index (χ1v) is 10.7. The number of carbonyl (C=O) groups excluding carboxylic acids is 2. The predicted molar refractivity (Wildman–Crippen MR) is 108 cm³/mol. The van der Waals surface area contributed by atoms with Crippen LogP contribution in [0.4, 0.5) is 0 Å². The van der Waals surface area contributed by atoms with Gasteiger partial charge in [0.15, 0.2) is 6.10 Å². The molecular weight excluding hydrogens is 394 g/mol. The van der Waals surface area contributed by atoms with Crippen molar-refractivity contribution in [2.75, 3.05) is 6.54 Å². The number of aryl methyl sites for hydroxylation is 2. The van der Waals surface area contributed by atoms with Gasteiger partial charge in [-0.1, -0.05) is 19.1 Å². The summed E-state index contributed by atoms with van der Waals surface area (Å²) in [7, 11) is -4.01. The maximum atomic E-state index is 12.5. The number of hydrogen-bond donors (Lipinski definition) is 1. The van der Waals surface area contributed by atoms with Crippen LogP contribution in [0, 0.1) is 13.8 Å². The van der Waals surface area contributed by atoms with E-state index in [1.807, 2.05) is 13.0 Å². The van der Waals surface area contributed by atoms with Gasteiger partial charge < -0.3 is 14.2 Å². The number of benzene rings is 2. The van der Waals surface area contributed by atoms with Crippen LogP contribution in [-0.4, -0.2) is 32.9 Å². The van der Waals surface area contributed by atoms with Crippen LogP contribution in [-0.2, 0) is 19.6 Å². The lowest BCUT2D eigenvalue weighted by Crippen LogP contribution is -2.36. The number of ether oxygens (including phenoxy) is 1. The molecule has 0 aliphatic rings. The summed E-state index contributed by atoms with van der Waals surface area (Å²) in [5.74, 6) is -0.996. The van der Waals surface area contributed by atoms with Crippen molar-refractivity contribution >= 4 is 22.0 Å². The second kappa shape index (κ2) is 9.56. The molecule has 0 aromatic heterocycles. The van der Waals surface area contributed by atoms with E-state index >= 15 is 0 Å². The summed E-state index contributed by atoms with van der Waals surface area (Å²) >= 11 is 0. The lowest BCUT2D eigenvalue weighted by molar-refractivity contribution is -0.129.